The van der Waals surface area contributed by atoms with Gasteiger partial charge in [0.2, 0.25) is 0 Å². The molecule has 19 heavy (non-hydrogen) atoms. The van der Waals surface area contributed by atoms with Gasteiger partial charge in [0.1, 0.15) is 5.60 Å². The number of alkyl carbamates (subject to hydrolysis) is 1. The van der Waals surface area contributed by atoms with Gasteiger partial charge in [-0.05, 0) is 46.5 Å². The minimum Gasteiger partial charge on any atom is -0.481 e. The molecule has 2 unspecified atom stereocenters. The second-order valence-electron chi connectivity index (χ2n) is 7.12. The van der Waals surface area contributed by atoms with Crippen molar-refractivity contribution in [1.29, 1.82) is 0 Å². The minimum absolute atomic E-state index is 0.302. The van der Waals surface area contributed by atoms with Gasteiger partial charge >= 0.3 is 12.1 Å². The van der Waals surface area contributed by atoms with E-state index >= 15 is 0 Å². The first-order valence-corrected chi connectivity index (χ1v) is 6.66. The van der Waals surface area contributed by atoms with Gasteiger partial charge in [-0.1, -0.05) is 13.8 Å². The van der Waals surface area contributed by atoms with Crippen LogP contribution in [0.1, 0.15) is 54.4 Å². The van der Waals surface area contributed by atoms with Gasteiger partial charge in [0.25, 0.3) is 0 Å². The number of amides is 1. The van der Waals surface area contributed by atoms with Crippen molar-refractivity contribution in [3.63, 3.8) is 0 Å². The highest BCUT2D eigenvalue weighted by Crippen LogP contribution is 2.59. The van der Waals surface area contributed by atoms with E-state index in [0.29, 0.717) is 18.8 Å². The van der Waals surface area contributed by atoms with Gasteiger partial charge in [0, 0.05) is 0 Å². The molecule has 0 aliphatic heterocycles. The number of carbonyl (C=O) groups is 2. The SMILES string of the molecule is CC(C)CC1(NC(=O)OC(C)(C)C)CC1(C)C(=O)O. The molecule has 1 rings (SSSR count). The van der Waals surface area contributed by atoms with Crippen molar-refractivity contribution < 1.29 is 19.4 Å². The highest BCUT2D eigenvalue weighted by atomic mass is 16.6. The second-order valence-corrected chi connectivity index (χ2v) is 7.12. The number of carboxylic acids is 1. The van der Waals surface area contributed by atoms with Crippen molar-refractivity contribution >= 4 is 12.1 Å². The largest absolute Gasteiger partial charge is 0.481 e. The van der Waals surface area contributed by atoms with Gasteiger partial charge in [-0.25, -0.2) is 4.79 Å². The average molecular weight is 271 g/mol. The third-order valence-electron chi connectivity index (χ3n) is 3.56. The van der Waals surface area contributed by atoms with Crippen LogP contribution in [0.25, 0.3) is 0 Å². The molecule has 1 fully saturated rings. The fraction of sp³-hybridized carbons (Fsp3) is 0.857. The molecule has 110 valence electrons. The normalized spacial score (nSPS) is 30.1. The van der Waals surface area contributed by atoms with Crippen LogP contribution in [0, 0.1) is 11.3 Å². The van der Waals surface area contributed by atoms with Crippen LogP contribution in [-0.4, -0.2) is 28.3 Å². The summed E-state index contributed by atoms with van der Waals surface area (Å²) >= 11 is 0. The van der Waals surface area contributed by atoms with E-state index in [1.165, 1.54) is 0 Å². The predicted molar refractivity (Wildman–Crippen MR) is 71.9 cm³/mol. The Balaban J connectivity index is 2.80. The summed E-state index contributed by atoms with van der Waals surface area (Å²) in [5.41, 5.74) is -2.17. The Morgan fingerprint density at radius 2 is 1.89 bits per heavy atom. The second kappa shape index (κ2) is 4.69. The molecule has 1 saturated carbocycles. The third kappa shape index (κ3) is 3.39. The van der Waals surface area contributed by atoms with Gasteiger partial charge in [-0.2, -0.15) is 0 Å². The van der Waals surface area contributed by atoms with Crippen LogP contribution in [0.3, 0.4) is 0 Å². The maximum Gasteiger partial charge on any atom is 0.408 e. The van der Waals surface area contributed by atoms with Crippen LogP contribution >= 0.6 is 0 Å². The summed E-state index contributed by atoms with van der Waals surface area (Å²) in [6.45, 7) is 11.0. The Bertz CT molecular complexity index is 385. The van der Waals surface area contributed by atoms with Crippen LogP contribution in [0.15, 0.2) is 0 Å². The Morgan fingerprint density at radius 3 is 2.21 bits per heavy atom. The number of carbonyl (C=O) groups excluding carboxylic acids is 1. The van der Waals surface area contributed by atoms with E-state index in [9.17, 15) is 14.7 Å². The summed E-state index contributed by atoms with van der Waals surface area (Å²) < 4.78 is 5.23. The molecule has 1 amide bonds. The van der Waals surface area contributed by atoms with E-state index in [1.54, 1.807) is 27.7 Å². The van der Waals surface area contributed by atoms with E-state index in [-0.39, 0.29) is 0 Å². The van der Waals surface area contributed by atoms with E-state index in [4.69, 9.17) is 4.74 Å². The van der Waals surface area contributed by atoms with Crippen LogP contribution in [0.4, 0.5) is 4.79 Å². The molecule has 2 atom stereocenters. The molecule has 0 saturated heterocycles. The molecular weight excluding hydrogens is 246 g/mol. The molecule has 0 bridgehead atoms. The summed E-state index contributed by atoms with van der Waals surface area (Å²) in [5.74, 6) is -0.569. The van der Waals surface area contributed by atoms with Gasteiger partial charge < -0.3 is 15.2 Å². The summed E-state index contributed by atoms with van der Waals surface area (Å²) in [4.78, 5) is 23.2. The quantitative estimate of drug-likeness (QED) is 0.824. The molecule has 2 N–H and O–H groups in total. The molecule has 0 radical (unpaired) electrons. The summed E-state index contributed by atoms with van der Waals surface area (Å²) in [7, 11) is 0. The zero-order chi connectivity index (χ0) is 15.1. The molecule has 0 aromatic heterocycles. The fourth-order valence-corrected chi connectivity index (χ4v) is 2.57. The summed E-state index contributed by atoms with van der Waals surface area (Å²) in [6.07, 6.45) is 0.542. The summed E-state index contributed by atoms with van der Waals surface area (Å²) in [6, 6.07) is 0. The zero-order valence-electron chi connectivity index (χ0n) is 12.7. The molecule has 0 aromatic rings. The Labute approximate surface area is 114 Å². The van der Waals surface area contributed by atoms with Crippen LogP contribution in [0.5, 0.6) is 0 Å². The first-order chi connectivity index (χ1) is 8.42. The van der Waals surface area contributed by atoms with Crippen molar-refractivity contribution in [2.75, 3.05) is 0 Å². The van der Waals surface area contributed by atoms with Gasteiger partial charge in [0.05, 0.1) is 11.0 Å². The zero-order valence-corrected chi connectivity index (χ0v) is 12.7. The lowest BCUT2D eigenvalue weighted by Gasteiger charge is -2.26. The molecule has 1 aliphatic rings. The predicted octanol–water partition coefficient (Wildman–Crippen LogP) is 2.79. The van der Waals surface area contributed by atoms with Crippen molar-refractivity contribution in [2.45, 2.75) is 65.5 Å². The number of hydrogen-bond donors (Lipinski definition) is 2. The number of nitrogens with one attached hydrogen (secondary N) is 1. The number of rotatable bonds is 4. The number of aliphatic carboxylic acids is 1. The van der Waals surface area contributed by atoms with Crippen molar-refractivity contribution in [1.82, 2.24) is 5.32 Å². The first kappa shape index (κ1) is 15.8. The molecule has 0 spiro atoms. The Kier molecular flexibility index (Phi) is 3.90. The maximum atomic E-state index is 11.9. The first-order valence-electron chi connectivity index (χ1n) is 6.66. The lowest BCUT2D eigenvalue weighted by Crippen LogP contribution is -2.46. The molecule has 1 aliphatic carbocycles. The highest BCUT2D eigenvalue weighted by Gasteiger charge is 2.70. The molecule has 5 heteroatoms. The van der Waals surface area contributed by atoms with Crippen molar-refractivity contribution in [2.24, 2.45) is 11.3 Å². The number of ether oxygens (including phenoxy) is 1. The van der Waals surface area contributed by atoms with Crippen LogP contribution in [0.2, 0.25) is 0 Å². The topological polar surface area (TPSA) is 75.6 Å². The number of carboxylic acid groups (broad SMARTS) is 1. The highest BCUT2D eigenvalue weighted by molar-refractivity contribution is 5.83. The molecule has 0 aromatic carbocycles. The van der Waals surface area contributed by atoms with E-state index in [1.807, 2.05) is 13.8 Å². The van der Waals surface area contributed by atoms with Gasteiger partial charge in [-0.3, -0.25) is 4.79 Å². The van der Waals surface area contributed by atoms with E-state index in [0.717, 1.165) is 0 Å². The third-order valence-corrected chi connectivity index (χ3v) is 3.56. The Hall–Kier alpha value is -1.26. The molecule has 5 nitrogen and oxygen atoms in total. The molecule has 0 heterocycles. The number of hydrogen-bond acceptors (Lipinski definition) is 3. The van der Waals surface area contributed by atoms with E-state index < -0.39 is 28.6 Å². The maximum absolute atomic E-state index is 11.9. The van der Waals surface area contributed by atoms with Crippen molar-refractivity contribution in [3.8, 4) is 0 Å². The Morgan fingerprint density at radius 1 is 1.37 bits per heavy atom. The lowest BCUT2D eigenvalue weighted by molar-refractivity contribution is -0.143. The fourth-order valence-electron chi connectivity index (χ4n) is 2.57. The van der Waals surface area contributed by atoms with Crippen LogP contribution < -0.4 is 5.32 Å². The lowest BCUT2D eigenvalue weighted by atomic mass is 9.93. The monoisotopic (exact) mass is 271 g/mol. The molecular formula is C14H25NO4. The van der Waals surface area contributed by atoms with Gasteiger partial charge in [-0.15, -0.1) is 0 Å². The smallest absolute Gasteiger partial charge is 0.408 e. The summed E-state index contributed by atoms with van der Waals surface area (Å²) in [5, 5.41) is 12.1. The van der Waals surface area contributed by atoms with Gasteiger partial charge in [0.15, 0.2) is 0 Å². The van der Waals surface area contributed by atoms with Crippen molar-refractivity contribution in [3.05, 3.63) is 0 Å². The average Bonchev–Trinajstić information content (AvgIpc) is 2.66. The minimum atomic E-state index is -0.895. The van der Waals surface area contributed by atoms with E-state index in [2.05, 4.69) is 5.32 Å². The van der Waals surface area contributed by atoms with Crippen LogP contribution in [-0.2, 0) is 9.53 Å². The standard InChI is InChI=1S/C14H25NO4/c1-9(2)7-14(8-13(14,6)10(16)17)15-11(18)19-12(3,4)5/h9H,7-8H2,1-6H3,(H,15,18)(H,16,17).